The second-order valence-corrected chi connectivity index (χ2v) is 8.16. The van der Waals surface area contributed by atoms with Gasteiger partial charge in [0.25, 0.3) is 0 Å². The number of oxime groups is 1. The van der Waals surface area contributed by atoms with Crippen LogP contribution in [0, 0.1) is 20.8 Å². The Morgan fingerprint density at radius 2 is 1.79 bits per heavy atom. The number of rotatable bonds is 6. The Morgan fingerprint density at radius 3 is 2.41 bits per heavy atom. The minimum atomic E-state index is -0.00923. The minimum Gasteiger partial charge on any atom is -1.00 e. The van der Waals surface area contributed by atoms with Crippen LogP contribution in [0.4, 0.5) is 0 Å². The third-order valence-corrected chi connectivity index (χ3v) is 6.45. The van der Waals surface area contributed by atoms with Crippen molar-refractivity contribution < 1.29 is 45.7 Å². The molecule has 0 amide bonds. The summed E-state index contributed by atoms with van der Waals surface area (Å²) >= 11 is 0. The van der Waals surface area contributed by atoms with E-state index < -0.39 is 0 Å². The molecule has 154 valence electrons. The van der Waals surface area contributed by atoms with Gasteiger partial charge in [0, 0.05) is 12.8 Å². The molecule has 0 bridgehead atoms. The van der Waals surface area contributed by atoms with Crippen LogP contribution >= 0.6 is 0 Å². The molecule has 0 aromatic heterocycles. The fraction of sp³-hybridized carbons (Fsp3) is 0.583. The van der Waals surface area contributed by atoms with E-state index in [0.717, 1.165) is 19.3 Å². The molecule has 1 N–H and O–H groups in total. The molecule has 0 spiro atoms. The topological polar surface area (TPSA) is 58.9 Å². The first-order valence-electron chi connectivity index (χ1n) is 10.7. The summed E-state index contributed by atoms with van der Waals surface area (Å²) < 4.78 is 0. The van der Waals surface area contributed by atoms with Crippen LogP contribution in [-0.2, 0) is 22.5 Å². The molecule has 4 nitrogen and oxygen atoms in total. The summed E-state index contributed by atoms with van der Waals surface area (Å²) in [6.45, 7) is 10.9. The first-order valence-corrected chi connectivity index (χ1v) is 10.7. The van der Waals surface area contributed by atoms with Crippen molar-refractivity contribution in [2.24, 2.45) is 5.16 Å². The second-order valence-electron chi connectivity index (χ2n) is 8.16. The molecule has 5 heteroatoms. The van der Waals surface area contributed by atoms with E-state index in [-0.39, 0.29) is 48.4 Å². The zero-order chi connectivity index (χ0) is 20.4. The first-order chi connectivity index (χ1) is 13.4. The van der Waals surface area contributed by atoms with Gasteiger partial charge in [-0.25, -0.2) is 0 Å². The van der Waals surface area contributed by atoms with Crippen molar-refractivity contribution in [3.05, 3.63) is 44.7 Å². The fourth-order valence-corrected chi connectivity index (χ4v) is 4.96. The van der Waals surface area contributed by atoms with Crippen LogP contribution in [0.25, 0.3) is 0 Å². The number of ketones is 1. The van der Waals surface area contributed by atoms with Crippen LogP contribution in [0.3, 0.4) is 0 Å². The van der Waals surface area contributed by atoms with Gasteiger partial charge >= 0.3 is 29.6 Å². The van der Waals surface area contributed by atoms with Gasteiger partial charge in [-0.15, -0.1) is 0 Å². The van der Waals surface area contributed by atoms with E-state index in [1.807, 2.05) is 13.8 Å². The molecule has 1 unspecified atom stereocenters. The van der Waals surface area contributed by atoms with Crippen LogP contribution in [0.15, 0.2) is 16.5 Å². The zero-order valence-electron chi connectivity index (χ0n) is 19.9. The van der Waals surface area contributed by atoms with Gasteiger partial charge < -0.3 is 11.4 Å². The Labute approximate surface area is 198 Å². The molecule has 0 fully saturated rings. The van der Waals surface area contributed by atoms with Crippen molar-refractivity contribution in [2.75, 3.05) is 6.61 Å². The molecule has 0 heterocycles. The largest absolute Gasteiger partial charge is 1.00 e. The van der Waals surface area contributed by atoms with Crippen molar-refractivity contribution in [3.8, 4) is 0 Å². The van der Waals surface area contributed by atoms with E-state index >= 15 is 0 Å². The number of Topliss-reactive ketones (excluding diaryl/α,β-unsaturated/α-hetero) is 1. The Morgan fingerprint density at radius 1 is 1.10 bits per heavy atom. The predicted molar refractivity (Wildman–Crippen MR) is 114 cm³/mol. The number of aliphatic hydroxyl groups excluding tert-OH is 1. The summed E-state index contributed by atoms with van der Waals surface area (Å²) in [7, 11) is 0. The molecule has 3 rings (SSSR count). The average Bonchev–Trinajstić information content (AvgIpc) is 3.13. The van der Waals surface area contributed by atoms with Crippen molar-refractivity contribution in [1.29, 1.82) is 0 Å². The predicted octanol–water partition coefficient (Wildman–Crippen LogP) is 2.67. The standard InChI is InChI=1S/C24H33NO3.Na.H/c1-6-9-20(25-28-7-2)24-21(26)12-17(13-22(24)27)23-16(5)14(3)15(4)18-10-8-11-19(18)23;;/h17,26H,6-13H2,1-5H3;;/q;+1;-1/b25-20+;;. The monoisotopic (exact) mass is 407 g/mol. The van der Waals surface area contributed by atoms with Gasteiger partial charge in [0.2, 0.25) is 0 Å². The number of hydrogen-bond acceptors (Lipinski definition) is 4. The molecule has 2 aliphatic carbocycles. The van der Waals surface area contributed by atoms with Crippen molar-refractivity contribution in [2.45, 2.75) is 85.5 Å². The molecule has 0 radical (unpaired) electrons. The summed E-state index contributed by atoms with van der Waals surface area (Å²) in [5.74, 6) is 0.222. The smallest absolute Gasteiger partial charge is 1.00 e. The molecule has 29 heavy (non-hydrogen) atoms. The number of carbonyl (C=O) groups excluding carboxylic acids is 1. The summed E-state index contributed by atoms with van der Waals surface area (Å²) in [5, 5.41) is 15.0. The molecular weight excluding hydrogens is 373 g/mol. The summed E-state index contributed by atoms with van der Waals surface area (Å²) in [6, 6.07) is 0. The van der Waals surface area contributed by atoms with E-state index in [9.17, 15) is 9.90 Å². The van der Waals surface area contributed by atoms with Crippen molar-refractivity contribution in [1.82, 2.24) is 0 Å². The van der Waals surface area contributed by atoms with Gasteiger partial charge in [-0.1, -0.05) is 18.5 Å². The zero-order valence-corrected chi connectivity index (χ0v) is 20.9. The number of allylic oxidation sites excluding steroid dienone is 2. The SMILES string of the molecule is CCC/C(=N\OCC)C1=C(O)CC(c2c(C)c(C)c(C)c3c2CCC3)CC1=O.[H-].[Na+]. The second kappa shape index (κ2) is 10.3. The number of aliphatic hydroxyl groups is 1. The molecule has 1 aromatic rings. The Bertz CT molecular complexity index is 861. The van der Waals surface area contributed by atoms with E-state index in [4.69, 9.17) is 4.84 Å². The Kier molecular flexibility index (Phi) is 8.57. The number of hydrogen-bond donors (Lipinski definition) is 1. The van der Waals surface area contributed by atoms with Gasteiger partial charge in [0.05, 0.1) is 11.3 Å². The van der Waals surface area contributed by atoms with E-state index in [0.29, 0.717) is 37.2 Å². The summed E-state index contributed by atoms with van der Waals surface area (Å²) in [5.41, 5.74) is 9.25. The van der Waals surface area contributed by atoms with Gasteiger partial charge in [-0.2, -0.15) is 0 Å². The van der Waals surface area contributed by atoms with Crippen LogP contribution in [0.2, 0.25) is 0 Å². The number of benzene rings is 1. The first kappa shape index (κ1) is 24.2. The third-order valence-electron chi connectivity index (χ3n) is 6.45. The molecule has 0 saturated heterocycles. The van der Waals surface area contributed by atoms with Crippen LogP contribution in [0.1, 0.15) is 86.7 Å². The third kappa shape index (κ3) is 4.65. The molecule has 0 aliphatic heterocycles. The molecule has 2 aliphatic rings. The minimum absolute atomic E-state index is 0. The quantitative estimate of drug-likeness (QED) is 0.448. The van der Waals surface area contributed by atoms with Crippen molar-refractivity contribution >= 4 is 11.5 Å². The molecule has 0 saturated carbocycles. The summed E-state index contributed by atoms with van der Waals surface area (Å²) in [4.78, 5) is 18.3. The van der Waals surface area contributed by atoms with Gasteiger partial charge in [0.15, 0.2) is 5.78 Å². The van der Waals surface area contributed by atoms with Crippen LogP contribution in [-0.4, -0.2) is 23.2 Å². The van der Waals surface area contributed by atoms with Gasteiger partial charge in [-0.05, 0) is 92.7 Å². The molecule has 1 atom stereocenters. The average molecular weight is 408 g/mol. The molecular formula is C24H34NNaO3. The van der Waals surface area contributed by atoms with E-state index in [1.54, 1.807) is 0 Å². The van der Waals surface area contributed by atoms with Gasteiger partial charge in [-0.3, -0.25) is 4.79 Å². The Hall–Kier alpha value is -1.10. The van der Waals surface area contributed by atoms with Crippen molar-refractivity contribution in [3.63, 3.8) is 0 Å². The number of carbonyl (C=O) groups is 1. The van der Waals surface area contributed by atoms with E-state index in [1.165, 1.54) is 39.8 Å². The fourth-order valence-electron chi connectivity index (χ4n) is 4.96. The molecule has 1 aromatic carbocycles. The summed E-state index contributed by atoms with van der Waals surface area (Å²) in [6.07, 6.45) is 5.82. The van der Waals surface area contributed by atoms with Crippen LogP contribution < -0.4 is 29.6 Å². The van der Waals surface area contributed by atoms with E-state index in [2.05, 4.69) is 25.9 Å². The normalized spacial score (nSPS) is 19.3. The Balaban J connectivity index is 0.00000225. The van der Waals surface area contributed by atoms with Gasteiger partial charge in [0.1, 0.15) is 12.4 Å². The maximum Gasteiger partial charge on any atom is 1.00 e. The number of nitrogens with zero attached hydrogens (tertiary/aromatic N) is 1. The number of fused-ring (bicyclic) bond motifs is 1. The maximum absolute atomic E-state index is 13.1. The maximum atomic E-state index is 13.1. The van der Waals surface area contributed by atoms with Crippen LogP contribution in [0.5, 0.6) is 0 Å².